The lowest BCUT2D eigenvalue weighted by atomic mass is 10.2. The van der Waals surface area contributed by atoms with Gasteiger partial charge in [-0.15, -0.1) is 11.3 Å². The molecule has 2 N–H and O–H groups in total. The molecule has 0 saturated carbocycles. The Morgan fingerprint density at radius 1 is 1.17 bits per heavy atom. The van der Waals surface area contributed by atoms with E-state index in [1.165, 1.54) is 15.6 Å². The SMILES string of the molecule is CCOc1nc(N)nc2ncc(-c3cc4cc(C)ccc4s3)nc12. The Hall–Kier alpha value is -2.80. The fourth-order valence-corrected chi connectivity index (χ4v) is 3.54. The van der Waals surface area contributed by atoms with Crippen molar-refractivity contribution in [3.8, 4) is 16.5 Å². The van der Waals surface area contributed by atoms with Crippen molar-refractivity contribution in [2.75, 3.05) is 12.3 Å². The zero-order valence-electron chi connectivity index (χ0n) is 13.3. The van der Waals surface area contributed by atoms with E-state index < -0.39 is 0 Å². The lowest BCUT2D eigenvalue weighted by Gasteiger charge is -2.06. The molecule has 0 bridgehead atoms. The number of fused-ring (bicyclic) bond motifs is 2. The van der Waals surface area contributed by atoms with Crippen molar-refractivity contribution in [1.29, 1.82) is 0 Å². The van der Waals surface area contributed by atoms with Gasteiger partial charge in [-0.2, -0.15) is 9.97 Å². The highest BCUT2D eigenvalue weighted by Crippen LogP contribution is 2.34. The molecule has 0 amide bonds. The van der Waals surface area contributed by atoms with E-state index in [9.17, 15) is 0 Å². The predicted molar refractivity (Wildman–Crippen MR) is 96.3 cm³/mol. The molecule has 0 unspecified atom stereocenters. The maximum Gasteiger partial charge on any atom is 0.247 e. The van der Waals surface area contributed by atoms with Crippen LogP contribution in [-0.4, -0.2) is 26.5 Å². The van der Waals surface area contributed by atoms with E-state index in [0.717, 1.165) is 10.6 Å². The molecular formula is C17H15N5OS. The van der Waals surface area contributed by atoms with Crippen LogP contribution >= 0.6 is 11.3 Å². The third-order valence-electron chi connectivity index (χ3n) is 3.60. The van der Waals surface area contributed by atoms with Crippen molar-refractivity contribution in [1.82, 2.24) is 19.9 Å². The number of rotatable bonds is 3. The molecule has 6 nitrogen and oxygen atoms in total. The number of ether oxygens (including phenoxy) is 1. The number of nitrogens with zero attached hydrogens (tertiary/aromatic N) is 4. The maximum absolute atomic E-state index is 5.70. The van der Waals surface area contributed by atoms with Gasteiger partial charge in [-0.1, -0.05) is 17.7 Å². The van der Waals surface area contributed by atoms with Gasteiger partial charge in [0, 0.05) is 4.70 Å². The zero-order valence-corrected chi connectivity index (χ0v) is 14.1. The van der Waals surface area contributed by atoms with E-state index in [2.05, 4.69) is 51.1 Å². The molecule has 1 aromatic carbocycles. The number of thiophene rings is 1. The topological polar surface area (TPSA) is 86.8 Å². The van der Waals surface area contributed by atoms with Crippen molar-refractivity contribution in [2.24, 2.45) is 0 Å². The number of nitrogens with two attached hydrogens (primary N) is 1. The molecule has 0 aliphatic carbocycles. The second-order valence-electron chi connectivity index (χ2n) is 5.40. The largest absolute Gasteiger partial charge is 0.476 e. The van der Waals surface area contributed by atoms with Crippen molar-refractivity contribution in [3.63, 3.8) is 0 Å². The number of aryl methyl sites for hydroxylation is 1. The van der Waals surface area contributed by atoms with Crippen molar-refractivity contribution < 1.29 is 4.74 Å². The summed E-state index contributed by atoms with van der Waals surface area (Å²) in [7, 11) is 0. The minimum atomic E-state index is 0.130. The molecule has 3 heterocycles. The van der Waals surface area contributed by atoms with Gasteiger partial charge in [0.1, 0.15) is 0 Å². The summed E-state index contributed by atoms with van der Waals surface area (Å²) in [6, 6.07) is 8.53. The van der Waals surface area contributed by atoms with Gasteiger partial charge >= 0.3 is 0 Å². The van der Waals surface area contributed by atoms with Crippen LogP contribution in [0.15, 0.2) is 30.5 Å². The Balaban J connectivity index is 1.89. The minimum Gasteiger partial charge on any atom is -0.476 e. The fraction of sp³-hybridized carbons (Fsp3) is 0.176. The molecule has 0 atom stereocenters. The number of nitrogen functional groups attached to an aromatic ring is 1. The molecule has 0 radical (unpaired) electrons. The standard InChI is InChI=1S/C17H15N5OS/c1-3-23-16-14-15(21-17(18)22-16)19-8-11(20-14)13-7-10-6-9(2)4-5-12(10)24-13/h4-8H,3H2,1-2H3,(H2,18,19,21,22). The van der Waals surface area contributed by atoms with Crippen LogP contribution in [0.25, 0.3) is 31.8 Å². The Bertz CT molecular complexity index is 1060. The molecule has 120 valence electrons. The number of benzene rings is 1. The van der Waals surface area contributed by atoms with E-state index in [0.29, 0.717) is 23.7 Å². The van der Waals surface area contributed by atoms with E-state index in [4.69, 9.17) is 10.5 Å². The number of aromatic nitrogens is 4. The first-order valence-corrected chi connectivity index (χ1v) is 8.39. The van der Waals surface area contributed by atoms with Gasteiger partial charge in [-0.05, 0) is 31.4 Å². The van der Waals surface area contributed by atoms with E-state index in [1.807, 2.05) is 6.92 Å². The van der Waals surface area contributed by atoms with Crippen molar-refractivity contribution >= 4 is 38.5 Å². The van der Waals surface area contributed by atoms with Crippen LogP contribution in [-0.2, 0) is 0 Å². The molecule has 4 rings (SSSR count). The van der Waals surface area contributed by atoms with Gasteiger partial charge in [0.25, 0.3) is 0 Å². The molecule has 0 fully saturated rings. The summed E-state index contributed by atoms with van der Waals surface area (Å²) in [4.78, 5) is 18.3. The van der Waals surface area contributed by atoms with Gasteiger partial charge in [-0.3, -0.25) is 0 Å². The second kappa shape index (κ2) is 5.68. The number of hydrogen-bond acceptors (Lipinski definition) is 7. The van der Waals surface area contributed by atoms with Crippen LogP contribution in [0.2, 0.25) is 0 Å². The van der Waals surface area contributed by atoms with Crippen LogP contribution in [0.1, 0.15) is 12.5 Å². The average molecular weight is 337 g/mol. The third kappa shape index (κ3) is 2.52. The molecule has 4 aromatic rings. The van der Waals surface area contributed by atoms with Gasteiger partial charge in [-0.25, -0.2) is 9.97 Å². The first-order chi connectivity index (χ1) is 11.6. The molecular weight excluding hydrogens is 322 g/mol. The van der Waals surface area contributed by atoms with E-state index in [1.54, 1.807) is 17.5 Å². The molecule has 24 heavy (non-hydrogen) atoms. The normalized spacial score (nSPS) is 11.2. The molecule has 0 aliphatic heterocycles. The van der Waals surface area contributed by atoms with Crippen molar-refractivity contribution in [2.45, 2.75) is 13.8 Å². The van der Waals surface area contributed by atoms with Crippen LogP contribution in [0.4, 0.5) is 5.95 Å². The first-order valence-electron chi connectivity index (χ1n) is 7.57. The Labute approximate surface area is 142 Å². The summed E-state index contributed by atoms with van der Waals surface area (Å²) in [5.74, 6) is 0.497. The molecule has 0 spiro atoms. The summed E-state index contributed by atoms with van der Waals surface area (Å²) < 4.78 is 6.75. The van der Waals surface area contributed by atoms with Crippen molar-refractivity contribution in [3.05, 3.63) is 36.0 Å². The Morgan fingerprint density at radius 2 is 2.04 bits per heavy atom. The van der Waals surface area contributed by atoms with Crippen LogP contribution < -0.4 is 10.5 Å². The van der Waals surface area contributed by atoms with Gasteiger partial charge in [0.15, 0.2) is 11.2 Å². The fourth-order valence-electron chi connectivity index (χ4n) is 2.54. The Kier molecular flexibility index (Phi) is 3.50. The van der Waals surface area contributed by atoms with Gasteiger partial charge in [0.2, 0.25) is 11.8 Å². The van der Waals surface area contributed by atoms with Crippen LogP contribution in [0, 0.1) is 6.92 Å². The maximum atomic E-state index is 5.70. The molecule has 0 aliphatic rings. The van der Waals surface area contributed by atoms with Crippen LogP contribution in [0.5, 0.6) is 5.88 Å². The van der Waals surface area contributed by atoms with Gasteiger partial charge < -0.3 is 10.5 Å². The van der Waals surface area contributed by atoms with E-state index >= 15 is 0 Å². The molecule has 7 heteroatoms. The average Bonchev–Trinajstić information content (AvgIpc) is 2.97. The highest BCUT2D eigenvalue weighted by atomic mass is 32.1. The summed E-state index contributed by atoms with van der Waals surface area (Å²) in [6.45, 7) is 4.44. The van der Waals surface area contributed by atoms with Gasteiger partial charge in [0.05, 0.1) is 23.4 Å². The predicted octanol–water partition coefficient (Wildman–Crippen LogP) is 3.59. The molecule has 0 saturated heterocycles. The Morgan fingerprint density at radius 3 is 2.88 bits per heavy atom. The highest BCUT2D eigenvalue weighted by Gasteiger charge is 2.13. The lowest BCUT2D eigenvalue weighted by molar-refractivity contribution is 0.330. The summed E-state index contributed by atoms with van der Waals surface area (Å²) in [5, 5.41) is 1.20. The molecule has 3 aromatic heterocycles. The number of hydrogen-bond donors (Lipinski definition) is 1. The monoisotopic (exact) mass is 337 g/mol. The zero-order chi connectivity index (χ0) is 16.7. The minimum absolute atomic E-state index is 0.130. The summed E-state index contributed by atoms with van der Waals surface area (Å²) in [6.07, 6.45) is 1.71. The van der Waals surface area contributed by atoms with E-state index in [-0.39, 0.29) is 5.95 Å². The second-order valence-corrected chi connectivity index (χ2v) is 6.48. The third-order valence-corrected chi connectivity index (χ3v) is 4.74. The number of anilines is 1. The first kappa shape index (κ1) is 14.8. The smallest absolute Gasteiger partial charge is 0.247 e. The lowest BCUT2D eigenvalue weighted by Crippen LogP contribution is -2.03. The summed E-state index contributed by atoms with van der Waals surface area (Å²) >= 11 is 1.68. The quantitative estimate of drug-likeness (QED) is 0.615. The summed E-state index contributed by atoms with van der Waals surface area (Å²) in [5.41, 5.74) is 8.67. The van der Waals surface area contributed by atoms with Crippen LogP contribution in [0.3, 0.4) is 0 Å². The highest BCUT2D eigenvalue weighted by molar-refractivity contribution is 7.22.